The molecule has 2 aliphatic carbocycles. The molecule has 128 valence electrons. The number of hydrogen-bond acceptors (Lipinski definition) is 4. The van der Waals surface area contributed by atoms with Crippen LogP contribution < -0.4 is 10.9 Å². The van der Waals surface area contributed by atoms with Crippen LogP contribution in [0.1, 0.15) is 72.3 Å². The van der Waals surface area contributed by atoms with Gasteiger partial charge in [0.05, 0.1) is 0 Å². The van der Waals surface area contributed by atoms with Gasteiger partial charge in [0.25, 0.3) is 11.5 Å². The van der Waals surface area contributed by atoms with Crippen LogP contribution in [0.3, 0.4) is 0 Å². The Balaban J connectivity index is 1.65. The number of amides is 1. The van der Waals surface area contributed by atoms with E-state index in [9.17, 15) is 9.59 Å². The molecule has 6 heteroatoms. The molecule has 2 aromatic rings. The summed E-state index contributed by atoms with van der Waals surface area (Å²) in [6.45, 7) is 0. The third-order valence-corrected chi connectivity index (χ3v) is 6.39. The largest absolute Gasteiger partial charge is 0.349 e. The van der Waals surface area contributed by atoms with Gasteiger partial charge in [-0.1, -0.05) is 25.7 Å². The SMILES string of the molecule is O=C(NC1CCCCCC1)c1cnc2sc3c(n2c1=O)CCCC3. The van der Waals surface area contributed by atoms with Crippen LogP contribution in [0, 0.1) is 0 Å². The van der Waals surface area contributed by atoms with Gasteiger partial charge < -0.3 is 5.32 Å². The number of nitrogens with one attached hydrogen (secondary N) is 1. The molecule has 1 saturated carbocycles. The van der Waals surface area contributed by atoms with Gasteiger partial charge in [0.2, 0.25) is 0 Å². The number of nitrogens with zero attached hydrogens (tertiary/aromatic N) is 2. The van der Waals surface area contributed by atoms with Crippen molar-refractivity contribution >= 4 is 22.2 Å². The van der Waals surface area contributed by atoms with Gasteiger partial charge in [0, 0.05) is 22.8 Å². The molecule has 0 atom stereocenters. The predicted molar refractivity (Wildman–Crippen MR) is 94.9 cm³/mol. The molecule has 1 amide bonds. The molecule has 2 heterocycles. The van der Waals surface area contributed by atoms with Crippen molar-refractivity contribution in [2.75, 3.05) is 0 Å². The molecule has 1 fully saturated rings. The summed E-state index contributed by atoms with van der Waals surface area (Å²) in [6, 6.07) is 0.191. The second-order valence-electron chi connectivity index (χ2n) is 6.94. The third kappa shape index (κ3) is 2.88. The van der Waals surface area contributed by atoms with Gasteiger partial charge in [-0.25, -0.2) is 4.98 Å². The lowest BCUT2D eigenvalue weighted by Crippen LogP contribution is -2.38. The van der Waals surface area contributed by atoms with E-state index in [0.717, 1.165) is 55.6 Å². The Kier molecular flexibility index (Phi) is 4.39. The van der Waals surface area contributed by atoms with Crippen LogP contribution in [0.25, 0.3) is 4.96 Å². The highest BCUT2D eigenvalue weighted by Gasteiger charge is 2.23. The van der Waals surface area contributed by atoms with Gasteiger partial charge in [-0.2, -0.15) is 0 Å². The lowest BCUT2D eigenvalue weighted by atomic mass is 10.0. The van der Waals surface area contributed by atoms with Crippen LogP contribution in [0.4, 0.5) is 0 Å². The maximum absolute atomic E-state index is 12.9. The van der Waals surface area contributed by atoms with E-state index in [4.69, 9.17) is 0 Å². The van der Waals surface area contributed by atoms with Crippen LogP contribution in [0.2, 0.25) is 0 Å². The summed E-state index contributed by atoms with van der Waals surface area (Å²) >= 11 is 1.59. The minimum Gasteiger partial charge on any atom is -0.349 e. The van der Waals surface area contributed by atoms with Gasteiger partial charge in [-0.05, 0) is 38.5 Å². The number of rotatable bonds is 2. The fourth-order valence-corrected chi connectivity index (χ4v) is 5.08. The first-order chi connectivity index (χ1) is 11.7. The summed E-state index contributed by atoms with van der Waals surface area (Å²) in [5, 5.41) is 3.06. The first-order valence-corrected chi connectivity index (χ1v) is 9.89. The van der Waals surface area contributed by atoms with Crippen molar-refractivity contribution in [3.63, 3.8) is 0 Å². The minimum absolute atomic E-state index is 0.183. The van der Waals surface area contributed by atoms with Crippen molar-refractivity contribution in [3.05, 3.63) is 32.7 Å². The van der Waals surface area contributed by atoms with Crippen LogP contribution in [-0.4, -0.2) is 21.3 Å². The van der Waals surface area contributed by atoms with Gasteiger partial charge >= 0.3 is 0 Å². The minimum atomic E-state index is -0.260. The molecule has 0 unspecified atom stereocenters. The van der Waals surface area contributed by atoms with Crippen molar-refractivity contribution in [1.82, 2.24) is 14.7 Å². The van der Waals surface area contributed by atoms with Crippen molar-refractivity contribution in [2.24, 2.45) is 0 Å². The van der Waals surface area contributed by atoms with E-state index in [1.165, 1.54) is 30.3 Å². The lowest BCUT2D eigenvalue weighted by Gasteiger charge is -2.16. The molecular formula is C18H23N3O2S. The number of thiazole rings is 1. The number of fused-ring (bicyclic) bond motifs is 3. The normalized spacial score (nSPS) is 19.0. The van der Waals surface area contributed by atoms with Gasteiger partial charge in [0.15, 0.2) is 4.96 Å². The van der Waals surface area contributed by atoms with Crippen molar-refractivity contribution in [2.45, 2.75) is 70.3 Å². The smallest absolute Gasteiger partial charge is 0.271 e. The van der Waals surface area contributed by atoms with Crippen LogP contribution in [-0.2, 0) is 12.8 Å². The average Bonchev–Trinajstić information content (AvgIpc) is 2.78. The highest BCUT2D eigenvalue weighted by atomic mass is 32.1. The van der Waals surface area contributed by atoms with Gasteiger partial charge in [0.1, 0.15) is 5.56 Å². The van der Waals surface area contributed by atoms with Crippen LogP contribution >= 0.6 is 11.3 Å². The van der Waals surface area contributed by atoms with Crippen LogP contribution in [0.5, 0.6) is 0 Å². The zero-order valence-electron chi connectivity index (χ0n) is 13.8. The summed E-state index contributed by atoms with van der Waals surface area (Å²) in [4.78, 5) is 31.9. The Bertz CT molecular complexity index is 816. The molecule has 0 spiro atoms. The molecule has 1 N–H and O–H groups in total. The quantitative estimate of drug-likeness (QED) is 0.851. The van der Waals surface area contributed by atoms with E-state index in [1.807, 2.05) is 0 Å². The summed E-state index contributed by atoms with van der Waals surface area (Å²) in [7, 11) is 0. The zero-order valence-corrected chi connectivity index (χ0v) is 14.7. The average molecular weight is 345 g/mol. The summed E-state index contributed by atoms with van der Waals surface area (Å²) in [5.41, 5.74) is 1.05. The fourth-order valence-electron chi connectivity index (χ4n) is 3.91. The summed E-state index contributed by atoms with van der Waals surface area (Å²) in [5.74, 6) is -0.260. The molecule has 5 nitrogen and oxygen atoms in total. The van der Waals surface area contributed by atoms with E-state index >= 15 is 0 Å². The predicted octanol–water partition coefficient (Wildman–Crippen LogP) is 3.09. The molecule has 0 saturated heterocycles. The second-order valence-corrected chi connectivity index (χ2v) is 8.00. The lowest BCUT2D eigenvalue weighted by molar-refractivity contribution is 0.0931. The Labute approximate surface area is 145 Å². The van der Waals surface area contributed by atoms with Gasteiger partial charge in [-0.3, -0.25) is 14.0 Å². The van der Waals surface area contributed by atoms with E-state index in [0.29, 0.717) is 0 Å². The molecule has 4 rings (SSSR count). The van der Waals surface area contributed by atoms with Crippen molar-refractivity contribution in [1.29, 1.82) is 0 Å². The van der Waals surface area contributed by atoms with Crippen molar-refractivity contribution in [3.8, 4) is 0 Å². The number of carbonyl (C=O) groups excluding carboxylic acids is 1. The third-order valence-electron chi connectivity index (χ3n) is 5.24. The second kappa shape index (κ2) is 6.67. The first kappa shape index (κ1) is 15.8. The Morgan fingerprint density at radius 1 is 1.12 bits per heavy atom. The highest BCUT2D eigenvalue weighted by molar-refractivity contribution is 7.17. The molecule has 0 bridgehead atoms. The Hall–Kier alpha value is -1.69. The monoisotopic (exact) mass is 345 g/mol. The fraction of sp³-hybridized carbons (Fsp3) is 0.611. The first-order valence-electron chi connectivity index (χ1n) is 9.07. The molecule has 2 aliphatic rings. The van der Waals surface area contributed by atoms with Gasteiger partial charge in [-0.15, -0.1) is 11.3 Å². The molecular weight excluding hydrogens is 322 g/mol. The van der Waals surface area contributed by atoms with Crippen LogP contribution in [0.15, 0.2) is 11.0 Å². The molecule has 0 aromatic carbocycles. The topological polar surface area (TPSA) is 63.5 Å². The van der Waals surface area contributed by atoms with Crippen molar-refractivity contribution < 1.29 is 4.79 Å². The highest BCUT2D eigenvalue weighted by Crippen LogP contribution is 2.28. The maximum Gasteiger partial charge on any atom is 0.271 e. The maximum atomic E-state index is 12.9. The van der Waals surface area contributed by atoms with E-state index < -0.39 is 0 Å². The zero-order chi connectivity index (χ0) is 16.5. The Morgan fingerprint density at radius 3 is 2.67 bits per heavy atom. The Morgan fingerprint density at radius 2 is 1.88 bits per heavy atom. The number of aromatic nitrogens is 2. The standard InChI is InChI=1S/C18H23N3O2S/c22-16(20-12-7-3-1-2-4-8-12)13-11-19-18-21(17(13)23)14-9-5-6-10-15(14)24-18/h11-12H,1-10H2,(H,20,22). The van der Waals surface area contributed by atoms with E-state index in [2.05, 4.69) is 10.3 Å². The van der Waals surface area contributed by atoms with E-state index in [1.54, 1.807) is 15.7 Å². The van der Waals surface area contributed by atoms with E-state index in [-0.39, 0.29) is 23.1 Å². The number of aryl methyl sites for hydroxylation is 2. The molecule has 0 aliphatic heterocycles. The molecule has 24 heavy (non-hydrogen) atoms. The summed E-state index contributed by atoms with van der Waals surface area (Å²) < 4.78 is 1.68. The number of hydrogen-bond donors (Lipinski definition) is 1. The molecule has 0 radical (unpaired) electrons. The summed E-state index contributed by atoms with van der Waals surface area (Å²) in [6.07, 6.45) is 12.5. The molecule has 2 aromatic heterocycles. The number of carbonyl (C=O) groups is 1.